The fourth-order valence-corrected chi connectivity index (χ4v) is 3.85. The quantitative estimate of drug-likeness (QED) is 0.318. The number of aryl methyl sites for hydroxylation is 1. The Hall–Kier alpha value is -3.71. The molecule has 0 saturated carbocycles. The van der Waals surface area contributed by atoms with E-state index in [-0.39, 0.29) is 11.8 Å². The molecule has 0 unspecified atom stereocenters. The molecule has 150 valence electrons. The van der Waals surface area contributed by atoms with Crippen molar-refractivity contribution >= 4 is 45.5 Å². The number of aromatic amines is 1. The highest BCUT2D eigenvalue weighted by Crippen LogP contribution is 2.19. The first kappa shape index (κ1) is 19.6. The van der Waals surface area contributed by atoms with Gasteiger partial charge in [-0.15, -0.1) is 11.3 Å². The summed E-state index contributed by atoms with van der Waals surface area (Å²) in [5.74, 6) is -0.434. The van der Waals surface area contributed by atoms with Crippen molar-refractivity contribution in [3.8, 4) is 0 Å². The first-order chi connectivity index (χ1) is 14.5. The summed E-state index contributed by atoms with van der Waals surface area (Å²) in [6, 6.07) is 18.7. The lowest BCUT2D eigenvalue weighted by atomic mass is 10.1. The molecule has 2 aromatic carbocycles. The Labute approximate surface area is 177 Å². The van der Waals surface area contributed by atoms with Gasteiger partial charge in [0.25, 0.3) is 11.8 Å². The zero-order valence-corrected chi connectivity index (χ0v) is 17.3. The Morgan fingerprint density at radius 2 is 1.83 bits per heavy atom. The summed E-state index contributed by atoms with van der Waals surface area (Å²) >= 11 is 1.45. The van der Waals surface area contributed by atoms with Crippen LogP contribution in [0.5, 0.6) is 0 Å². The highest BCUT2D eigenvalue weighted by molar-refractivity contribution is 7.14. The minimum atomic E-state index is -0.288. The van der Waals surface area contributed by atoms with Gasteiger partial charge in [0.05, 0.1) is 16.2 Å². The number of para-hydroxylation sites is 1. The Morgan fingerprint density at radius 3 is 2.63 bits per heavy atom. The fourth-order valence-electron chi connectivity index (χ4n) is 3.09. The van der Waals surface area contributed by atoms with Gasteiger partial charge in [-0.3, -0.25) is 9.59 Å². The van der Waals surface area contributed by atoms with Crippen molar-refractivity contribution in [2.24, 2.45) is 5.10 Å². The SMILES string of the molecule is C/C(=N/NC(=O)c1c[nH]c2ccccc12)c1cccc(NC(=O)c2ccc(C)s2)c1. The van der Waals surface area contributed by atoms with Gasteiger partial charge < -0.3 is 10.3 Å². The third-order valence-electron chi connectivity index (χ3n) is 4.66. The lowest BCUT2D eigenvalue weighted by molar-refractivity contribution is 0.0955. The fraction of sp³-hybridized carbons (Fsp3) is 0.0870. The first-order valence-corrected chi connectivity index (χ1v) is 10.2. The highest BCUT2D eigenvalue weighted by Gasteiger charge is 2.12. The van der Waals surface area contributed by atoms with Crippen molar-refractivity contribution in [1.82, 2.24) is 10.4 Å². The average molecular weight is 417 g/mol. The normalized spacial score (nSPS) is 11.5. The van der Waals surface area contributed by atoms with E-state index in [0.717, 1.165) is 21.3 Å². The molecule has 0 fully saturated rings. The van der Waals surface area contributed by atoms with Gasteiger partial charge >= 0.3 is 0 Å². The molecular weight excluding hydrogens is 396 g/mol. The minimum Gasteiger partial charge on any atom is -0.360 e. The van der Waals surface area contributed by atoms with Crippen LogP contribution in [-0.4, -0.2) is 22.5 Å². The van der Waals surface area contributed by atoms with Crippen molar-refractivity contribution in [2.75, 3.05) is 5.32 Å². The number of nitrogens with one attached hydrogen (secondary N) is 3. The topological polar surface area (TPSA) is 86.3 Å². The van der Waals surface area contributed by atoms with Gasteiger partial charge in [0.1, 0.15) is 0 Å². The van der Waals surface area contributed by atoms with Crippen molar-refractivity contribution in [3.05, 3.63) is 87.7 Å². The molecule has 0 spiro atoms. The van der Waals surface area contributed by atoms with Gasteiger partial charge in [-0.1, -0.05) is 30.3 Å². The molecule has 0 bridgehead atoms. The van der Waals surface area contributed by atoms with E-state index in [1.165, 1.54) is 11.3 Å². The maximum Gasteiger partial charge on any atom is 0.273 e. The maximum absolute atomic E-state index is 12.5. The number of thiophene rings is 1. The Kier molecular flexibility index (Phi) is 5.45. The van der Waals surface area contributed by atoms with Gasteiger partial charge in [0.15, 0.2) is 0 Å². The number of anilines is 1. The largest absolute Gasteiger partial charge is 0.360 e. The zero-order valence-electron chi connectivity index (χ0n) is 16.5. The number of hydrogen-bond acceptors (Lipinski definition) is 4. The van der Waals surface area contributed by atoms with Crippen LogP contribution >= 0.6 is 11.3 Å². The van der Waals surface area contributed by atoms with Crippen LogP contribution in [0.1, 0.15) is 37.4 Å². The summed E-state index contributed by atoms with van der Waals surface area (Å²) in [5.41, 5.74) is 6.14. The second-order valence-electron chi connectivity index (χ2n) is 6.83. The number of H-pyrrole nitrogens is 1. The number of hydrazone groups is 1. The van der Waals surface area contributed by atoms with Gasteiger partial charge in [-0.2, -0.15) is 5.10 Å². The minimum absolute atomic E-state index is 0.146. The van der Waals surface area contributed by atoms with Crippen LogP contribution in [-0.2, 0) is 0 Å². The molecule has 0 aliphatic rings. The molecule has 7 heteroatoms. The van der Waals surface area contributed by atoms with E-state index in [2.05, 4.69) is 20.8 Å². The molecule has 4 aromatic rings. The van der Waals surface area contributed by atoms with E-state index in [4.69, 9.17) is 0 Å². The molecule has 6 nitrogen and oxygen atoms in total. The summed E-state index contributed by atoms with van der Waals surface area (Å²) in [4.78, 5) is 29.7. The second-order valence-corrected chi connectivity index (χ2v) is 8.12. The van der Waals surface area contributed by atoms with Crippen LogP contribution in [0.4, 0.5) is 5.69 Å². The summed E-state index contributed by atoms with van der Waals surface area (Å²) in [5, 5.41) is 7.97. The van der Waals surface area contributed by atoms with E-state index >= 15 is 0 Å². The molecule has 0 saturated heterocycles. The number of amides is 2. The highest BCUT2D eigenvalue weighted by atomic mass is 32.1. The summed E-state index contributed by atoms with van der Waals surface area (Å²) < 4.78 is 0. The van der Waals surface area contributed by atoms with Gasteiger partial charge in [0.2, 0.25) is 0 Å². The van der Waals surface area contributed by atoms with E-state index in [1.807, 2.05) is 67.6 Å². The van der Waals surface area contributed by atoms with Crippen molar-refractivity contribution in [1.29, 1.82) is 0 Å². The molecule has 2 amide bonds. The number of carbonyl (C=O) groups is 2. The second kappa shape index (κ2) is 8.34. The average Bonchev–Trinajstić information content (AvgIpc) is 3.38. The molecule has 3 N–H and O–H groups in total. The molecule has 0 aliphatic carbocycles. The number of rotatable bonds is 5. The van der Waals surface area contributed by atoms with Crippen LogP contribution in [0.15, 0.2) is 72.0 Å². The summed E-state index contributed by atoms with van der Waals surface area (Å²) in [7, 11) is 0. The lowest BCUT2D eigenvalue weighted by Crippen LogP contribution is -2.19. The third kappa shape index (κ3) is 4.16. The molecule has 4 rings (SSSR count). The monoisotopic (exact) mass is 416 g/mol. The van der Waals surface area contributed by atoms with Crippen molar-refractivity contribution in [2.45, 2.75) is 13.8 Å². The Balaban J connectivity index is 1.47. The predicted molar refractivity (Wildman–Crippen MR) is 121 cm³/mol. The molecule has 0 radical (unpaired) electrons. The summed E-state index contributed by atoms with van der Waals surface area (Å²) in [6.45, 7) is 3.77. The van der Waals surface area contributed by atoms with Crippen molar-refractivity contribution < 1.29 is 9.59 Å². The summed E-state index contributed by atoms with van der Waals surface area (Å²) in [6.07, 6.45) is 1.67. The molecule has 2 heterocycles. The van der Waals surface area contributed by atoms with Crippen LogP contribution < -0.4 is 10.7 Å². The smallest absolute Gasteiger partial charge is 0.273 e. The van der Waals surface area contributed by atoms with E-state index in [0.29, 0.717) is 21.8 Å². The molecule has 0 aliphatic heterocycles. The van der Waals surface area contributed by atoms with Crippen LogP contribution in [0.25, 0.3) is 10.9 Å². The third-order valence-corrected chi connectivity index (χ3v) is 5.66. The Morgan fingerprint density at radius 1 is 1.00 bits per heavy atom. The van der Waals surface area contributed by atoms with Crippen LogP contribution in [0.3, 0.4) is 0 Å². The number of nitrogens with zero attached hydrogens (tertiary/aromatic N) is 1. The van der Waals surface area contributed by atoms with Gasteiger partial charge in [-0.05, 0) is 49.7 Å². The molecule has 30 heavy (non-hydrogen) atoms. The van der Waals surface area contributed by atoms with Gasteiger partial charge in [0, 0.05) is 27.7 Å². The number of fused-ring (bicyclic) bond motifs is 1. The standard InChI is InChI=1S/C23H20N4O2S/c1-14-10-11-21(30-14)23(29)25-17-7-5-6-16(12-17)15(2)26-27-22(28)19-13-24-20-9-4-3-8-18(19)20/h3-13,24H,1-2H3,(H,25,29)(H,27,28)/b26-15-. The number of hydrogen-bond donors (Lipinski definition) is 3. The van der Waals surface area contributed by atoms with E-state index < -0.39 is 0 Å². The number of benzene rings is 2. The zero-order chi connectivity index (χ0) is 21.1. The van der Waals surface area contributed by atoms with Crippen LogP contribution in [0, 0.1) is 6.92 Å². The molecule has 0 atom stereocenters. The maximum atomic E-state index is 12.5. The van der Waals surface area contributed by atoms with E-state index in [1.54, 1.807) is 13.1 Å². The van der Waals surface area contributed by atoms with Crippen molar-refractivity contribution in [3.63, 3.8) is 0 Å². The number of aromatic nitrogens is 1. The van der Waals surface area contributed by atoms with Gasteiger partial charge in [-0.25, -0.2) is 5.43 Å². The lowest BCUT2D eigenvalue weighted by Gasteiger charge is -2.07. The number of carbonyl (C=O) groups excluding carboxylic acids is 2. The van der Waals surface area contributed by atoms with Crippen LogP contribution in [0.2, 0.25) is 0 Å². The van der Waals surface area contributed by atoms with E-state index in [9.17, 15) is 9.59 Å². The Bertz CT molecular complexity index is 1270. The molecule has 2 aromatic heterocycles. The first-order valence-electron chi connectivity index (χ1n) is 9.40. The molecular formula is C23H20N4O2S. The predicted octanol–water partition coefficient (Wildman–Crippen LogP) is 4.94.